The monoisotopic (exact) mass is 281 g/mol. The Morgan fingerprint density at radius 1 is 1.30 bits per heavy atom. The second kappa shape index (κ2) is 5.78. The Balaban J connectivity index is 3.50. The highest BCUT2D eigenvalue weighted by Crippen LogP contribution is 2.32. The predicted octanol–water partition coefficient (Wildman–Crippen LogP) is 0.577. The average molecular weight is 281 g/mol. The Morgan fingerprint density at radius 3 is 2.30 bits per heavy atom. The molecule has 0 atom stereocenters. The van der Waals surface area contributed by atoms with Crippen LogP contribution in [0.4, 0.5) is 11.4 Å². The summed E-state index contributed by atoms with van der Waals surface area (Å²) >= 11 is 0. The number of ether oxygens (including phenoxy) is 1. The summed E-state index contributed by atoms with van der Waals surface area (Å²) in [6, 6.07) is 1.84. The predicted molar refractivity (Wildman–Crippen MR) is 67.2 cm³/mol. The van der Waals surface area contributed by atoms with Gasteiger partial charge < -0.3 is 15.8 Å². The number of hydrogen-bond acceptors (Lipinski definition) is 6. The zero-order valence-electron chi connectivity index (χ0n) is 10.6. The van der Waals surface area contributed by atoms with E-state index in [-0.39, 0.29) is 17.0 Å². The van der Waals surface area contributed by atoms with Crippen molar-refractivity contribution in [3.63, 3.8) is 0 Å². The van der Waals surface area contributed by atoms with Crippen LogP contribution >= 0.6 is 0 Å². The van der Waals surface area contributed by atoms with Crippen LogP contribution in [-0.2, 0) is 9.59 Å². The van der Waals surface area contributed by atoms with E-state index < -0.39 is 28.4 Å². The number of amides is 2. The molecule has 0 saturated heterocycles. The molecule has 0 heterocycles. The summed E-state index contributed by atoms with van der Waals surface area (Å²) in [7, 11) is 0. The first-order valence-electron chi connectivity index (χ1n) is 5.30. The molecule has 2 amide bonds. The van der Waals surface area contributed by atoms with Crippen LogP contribution in [0.25, 0.3) is 0 Å². The van der Waals surface area contributed by atoms with Gasteiger partial charge in [-0.2, -0.15) is 0 Å². The van der Waals surface area contributed by atoms with Gasteiger partial charge in [-0.05, 0) is 0 Å². The van der Waals surface area contributed by atoms with E-state index in [1.807, 2.05) is 0 Å². The van der Waals surface area contributed by atoms with E-state index in [1.54, 1.807) is 0 Å². The Morgan fingerprint density at radius 2 is 1.90 bits per heavy atom. The number of primary amides is 1. The van der Waals surface area contributed by atoms with Crippen LogP contribution in [0, 0.1) is 10.1 Å². The third-order valence-corrected chi connectivity index (χ3v) is 2.12. The molecule has 9 heteroatoms. The summed E-state index contributed by atoms with van der Waals surface area (Å²) in [6.07, 6.45) is 0. The van der Waals surface area contributed by atoms with E-state index in [2.05, 4.69) is 5.32 Å². The number of nitro benzene ring substituents is 1. The lowest BCUT2D eigenvalue weighted by Crippen LogP contribution is -2.16. The van der Waals surface area contributed by atoms with E-state index in [9.17, 15) is 24.5 Å². The number of anilines is 1. The van der Waals surface area contributed by atoms with E-state index in [1.165, 1.54) is 0 Å². The molecule has 3 N–H and O–H groups in total. The molecule has 0 aliphatic rings. The van der Waals surface area contributed by atoms with Crippen molar-refractivity contribution in [1.29, 1.82) is 0 Å². The van der Waals surface area contributed by atoms with Gasteiger partial charge in [-0.25, -0.2) is 0 Å². The number of hydrogen-bond donors (Lipinski definition) is 2. The van der Waals surface area contributed by atoms with Crippen molar-refractivity contribution in [1.82, 2.24) is 0 Å². The fourth-order valence-electron chi connectivity index (χ4n) is 1.44. The van der Waals surface area contributed by atoms with Gasteiger partial charge in [0.25, 0.3) is 11.6 Å². The van der Waals surface area contributed by atoms with Crippen molar-refractivity contribution in [2.75, 3.05) is 5.32 Å². The second-order valence-corrected chi connectivity index (χ2v) is 3.76. The van der Waals surface area contributed by atoms with Gasteiger partial charge in [0, 0.05) is 26.0 Å². The summed E-state index contributed by atoms with van der Waals surface area (Å²) in [4.78, 5) is 43.3. The Kier molecular flexibility index (Phi) is 4.36. The van der Waals surface area contributed by atoms with Crippen molar-refractivity contribution in [3.05, 3.63) is 27.8 Å². The molecule has 0 spiro atoms. The molecular formula is C11H11N3O6. The Bertz CT molecular complexity index is 561. The topological polar surface area (TPSA) is 142 Å². The zero-order valence-corrected chi connectivity index (χ0v) is 10.6. The number of nitro groups is 1. The molecule has 0 bridgehead atoms. The summed E-state index contributed by atoms with van der Waals surface area (Å²) in [5.74, 6) is -2.57. The minimum Gasteiger partial charge on any atom is -0.426 e. The fourth-order valence-corrected chi connectivity index (χ4v) is 1.44. The van der Waals surface area contributed by atoms with Crippen molar-refractivity contribution in [2.45, 2.75) is 13.8 Å². The number of carbonyl (C=O) groups excluding carboxylic acids is 3. The standard InChI is InChI=1S/C11H11N3O6/c1-5(15)13-8-4-10(20-6(2)16)7(11(12)17)3-9(8)14(18)19/h3-4H,1-2H3,(H2,12,17)(H,13,15). The normalized spacial score (nSPS) is 9.70. The first kappa shape index (κ1) is 15.1. The van der Waals surface area contributed by atoms with E-state index in [0.29, 0.717) is 0 Å². The number of nitrogens with zero attached hydrogens (tertiary/aromatic N) is 1. The minimum absolute atomic E-state index is 0.205. The smallest absolute Gasteiger partial charge is 0.308 e. The summed E-state index contributed by atoms with van der Waals surface area (Å²) < 4.78 is 4.75. The van der Waals surface area contributed by atoms with Crippen molar-refractivity contribution in [2.24, 2.45) is 5.73 Å². The third-order valence-electron chi connectivity index (χ3n) is 2.12. The molecule has 1 aromatic carbocycles. The molecule has 9 nitrogen and oxygen atoms in total. The van der Waals surface area contributed by atoms with Crippen LogP contribution in [0.3, 0.4) is 0 Å². The average Bonchev–Trinajstić information content (AvgIpc) is 2.26. The van der Waals surface area contributed by atoms with E-state index in [0.717, 1.165) is 26.0 Å². The maximum atomic E-state index is 11.2. The van der Waals surface area contributed by atoms with Gasteiger partial charge in [-0.1, -0.05) is 0 Å². The number of esters is 1. The first-order valence-corrected chi connectivity index (χ1v) is 5.30. The van der Waals surface area contributed by atoms with Gasteiger partial charge in [0.05, 0.1) is 10.5 Å². The molecule has 0 unspecified atom stereocenters. The SMILES string of the molecule is CC(=O)Nc1cc(OC(C)=O)c(C(N)=O)cc1[N+](=O)[O-]. The second-order valence-electron chi connectivity index (χ2n) is 3.76. The van der Waals surface area contributed by atoms with E-state index in [4.69, 9.17) is 10.5 Å². The molecule has 0 aliphatic heterocycles. The quantitative estimate of drug-likeness (QED) is 0.357. The van der Waals surface area contributed by atoms with Crippen molar-refractivity contribution < 1.29 is 24.0 Å². The molecule has 20 heavy (non-hydrogen) atoms. The Hall–Kier alpha value is -2.97. The molecule has 1 aromatic rings. The highest BCUT2D eigenvalue weighted by atomic mass is 16.6. The highest BCUT2D eigenvalue weighted by Gasteiger charge is 2.23. The molecule has 0 aliphatic carbocycles. The van der Waals surface area contributed by atoms with Gasteiger partial charge in [0.15, 0.2) is 0 Å². The largest absolute Gasteiger partial charge is 0.426 e. The summed E-state index contributed by atoms with van der Waals surface area (Å²) in [5, 5.41) is 13.1. The molecule has 0 fully saturated rings. The van der Waals surface area contributed by atoms with Crippen LogP contribution in [0.5, 0.6) is 5.75 Å². The minimum atomic E-state index is -1.00. The lowest BCUT2D eigenvalue weighted by Gasteiger charge is -2.10. The Labute approximate surface area is 112 Å². The number of carbonyl (C=O) groups is 3. The molecule has 0 saturated carbocycles. The maximum absolute atomic E-state index is 11.2. The van der Waals surface area contributed by atoms with Crippen molar-refractivity contribution >= 4 is 29.2 Å². The molecular weight excluding hydrogens is 270 g/mol. The van der Waals surface area contributed by atoms with E-state index >= 15 is 0 Å². The summed E-state index contributed by atoms with van der Waals surface area (Å²) in [5.41, 5.74) is 4.00. The number of nitrogens with one attached hydrogen (secondary N) is 1. The highest BCUT2D eigenvalue weighted by molar-refractivity contribution is 6.00. The van der Waals surface area contributed by atoms with Crippen LogP contribution in [0.2, 0.25) is 0 Å². The van der Waals surface area contributed by atoms with Gasteiger partial charge in [0.2, 0.25) is 5.91 Å². The number of nitrogens with two attached hydrogens (primary N) is 1. The van der Waals surface area contributed by atoms with Crippen LogP contribution in [0.15, 0.2) is 12.1 Å². The lowest BCUT2D eigenvalue weighted by molar-refractivity contribution is -0.384. The van der Waals surface area contributed by atoms with Gasteiger partial charge in [-0.15, -0.1) is 0 Å². The summed E-state index contributed by atoms with van der Waals surface area (Å²) in [6.45, 7) is 2.24. The van der Waals surface area contributed by atoms with Crippen LogP contribution < -0.4 is 15.8 Å². The van der Waals surface area contributed by atoms with Gasteiger partial charge >= 0.3 is 5.97 Å². The first-order chi connectivity index (χ1) is 9.22. The number of benzene rings is 1. The molecule has 0 radical (unpaired) electrons. The zero-order chi connectivity index (χ0) is 15.4. The lowest BCUT2D eigenvalue weighted by atomic mass is 10.1. The third kappa shape index (κ3) is 3.51. The molecule has 0 aromatic heterocycles. The van der Waals surface area contributed by atoms with Gasteiger partial charge in [0.1, 0.15) is 11.4 Å². The maximum Gasteiger partial charge on any atom is 0.308 e. The van der Waals surface area contributed by atoms with Crippen LogP contribution in [0.1, 0.15) is 24.2 Å². The van der Waals surface area contributed by atoms with Crippen molar-refractivity contribution in [3.8, 4) is 5.75 Å². The van der Waals surface area contributed by atoms with Crippen LogP contribution in [-0.4, -0.2) is 22.7 Å². The molecule has 1 rings (SSSR count). The fraction of sp³-hybridized carbons (Fsp3) is 0.182. The number of rotatable bonds is 4. The molecule has 106 valence electrons. The van der Waals surface area contributed by atoms with Gasteiger partial charge in [-0.3, -0.25) is 24.5 Å².